The fourth-order valence-electron chi connectivity index (χ4n) is 1.22. The first kappa shape index (κ1) is 14.6. The molecule has 5 nitrogen and oxygen atoms in total. The Morgan fingerprint density at radius 2 is 1.44 bits per heavy atom. The summed E-state index contributed by atoms with van der Waals surface area (Å²) in [6.45, 7) is 2.08. The minimum absolute atomic E-state index is 0.905. The summed E-state index contributed by atoms with van der Waals surface area (Å²) in [5.41, 5.74) is 2.38. The normalized spacial score (nSPS) is 10.5. The van der Waals surface area contributed by atoms with Crippen molar-refractivity contribution in [2.45, 2.75) is 6.92 Å². The monoisotopic (exact) mass is 270 g/mol. The second-order valence-electron chi connectivity index (χ2n) is 3.41. The molecule has 6 heteroatoms. The maximum absolute atomic E-state index is 8.49. The van der Waals surface area contributed by atoms with Gasteiger partial charge in [0.1, 0.15) is 0 Å². The molecule has 0 saturated carbocycles. The SMILES string of the molecule is Cc1ccc(-c2cccc[o+]2)cc1.[O-][Cl+3]([O-])([O-])[O-]. The first-order valence-corrected chi connectivity index (χ1v) is 6.15. The van der Waals surface area contributed by atoms with Crippen LogP contribution in [0.2, 0.25) is 0 Å². The quantitative estimate of drug-likeness (QED) is 0.604. The van der Waals surface area contributed by atoms with Crippen LogP contribution in [0.1, 0.15) is 5.56 Å². The number of aryl methyl sites for hydroxylation is 1. The summed E-state index contributed by atoms with van der Waals surface area (Å²) < 4.78 is 39.3. The van der Waals surface area contributed by atoms with Gasteiger partial charge in [0, 0.05) is 12.1 Å². The molecular weight excluding hydrogens is 260 g/mol. The van der Waals surface area contributed by atoms with Crippen molar-refractivity contribution in [3.63, 3.8) is 0 Å². The Morgan fingerprint density at radius 1 is 0.889 bits per heavy atom. The number of hydrogen-bond acceptors (Lipinski definition) is 4. The van der Waals surface area contributed by atoms with Crippen LogP contribution in [-0.2, 0) is 0 Å². The summed E-state index contributed by atoms with van der Waals surface area (Å²) in [6, 6.07) is 14.1. The Balaban J connectivity index is 0.000000280. The Bertz CT molecular complexity index is 458. The first-order valence-electron chi connectivity index (χ1n) is 4.92. The summed E-state index contributed by atoms with van der Waals surface area (Å²) in [5, 5.41) is 0. The number of rotatable bonds is 1. The molecule has 0 aliphatic rings. The predicted octanol–water partition coefficient (Wildman–Crippen LogP) is -1.22. The van der Waals surface area contributed by atoms with Gasteiger partial charge in [-0.25, -0.2) is 23.1 Å². The molecule has 0 aliphatic heterocycles. The summed E-state index contributed by atoms with van der Waals surface area (Å²) in [7, 11) is -4.94. The fraction of sp³-hybridized carbons (Fsp3) is 0.0833. The smallest absolute Gasteiger partial charge is 0.222 e. The van der Waals surface area contributed by atoms with E-state index in [4.69, 9.17) is 23.1 Å². The number of hydrogen-bond donors (Lipinski definition) is 0. The van der Waals surface area contributed by atoms with E-state index >= 15 is 0 Å². The highest BCUT2D eigenvalue weighted by Gasteiger charge is 2.07. The molecule has 0 bridgehead atoms. The lowest BCUT2D eigenvalue weighted by Gasteiger charge is -2.17. The van der Waals surface area contributed by atoms with E-state index in [0.29, 0.717) is 0 Å². The topological polar surface area (TPSA) is 104 Å². The standard InChI is InChI=1S/C12H11O.ClHO4/c1-10-5-7-11(8-6-10)12-4-2-3-9-13-12;2-1(3,4)5/h2-9H,1H3;(H,2,3,4,5)/q+1;/p-1. The Labute approximate surface area is 106 Å². The Morgan fingerprint density at radius 3 is 1.89 bits per heavy atom. The van der Waals surface area contributed by atoms with Crippen molar-refractivity contribution < 1.29 is 33.3 Å². The molecular formula is C12H11ClO5. The summed E-state index contributed by atoms with van der Waals surface area (Å²) in [4.78, 5) is 0. The van der Waals surface area contributed by atoms with Crippen molar-refractivity contribution in [3.8, 4) is 11.3 Å². The van der Waals surface area contributed by atoms with Gasteiger partial charge in [-0.1, -0.05) is 17.7 Å². The Hall–Kier alpha value is -1.50. The molecule has 0 N–H and O–H groups in total. The van der Waals surface area contributed by atoms with Gasteiger partial charge in [0.05, 0.1) is 5.56 Å². The third-order valence-electron chi connectivity index (χ3n) is 1.97. The van der Waals surface area contributed by atoms with Crippen molar-refractivity contribution in [3.05, 3.63) is 54.3 Å². The Kier molecular flexibility index (Phi) is 5.21. The van der Waals surface area contributed by atoms with Crippen molar-refractivity contribution in [1.82, 2.24) is 0 Å². The van der Waals surface area contributed by atoms with Crippen LogP contribution in [-0.4, -0.2) is 0 Å². The summed E-state index contributed by atoms with van der Waals surface area (Å²) in [6.07, 6.45) is 1.69. The fourth-order valence-corrected chi connectivity index (χ4v) is 1.22. The average molecular weight is 271 g/mol. The van der Waals surface area contributed by atoms with Gasteiger partial charge >= 0.3 is 12.0 Å². The van der Waals surface area contributed by atoms with E-state index in [-0.39, 0.29) is 0 Å². The van der Waals surface area contributed by atoms with E-state index in [1.165, 1.54) is 5.56 Å². The lowest BCUT2D eigenvalue weighted by Crippen LogP contribution is -2.68. The molecule has 0 saturated heterocycles. The van der Waals surface area contributed by atoms with Gasteiger partial charge in [-0.05, 0) is 25.1 Å². The van der Waals surface area contributed by atoms with Crippen LogP contribution < -0.4 is 18.6 Å². The maximum Gasteiger partial charge on any atom is 0.359 e. The molecule has 1 aromatic heterocycles. The van der Waals surface area contributed by atoms with Crippen molar-refractivity contribution in [2.75, 3.05) is 0 Å². The van der Waals surface area contributed by atoms with E-state index in [1.807, 2.05) is 18.2 Å². The zero-order valence-electron chi connectivity index (χ0n) is 9.54. The van der Waals surface area contributed by atoms with Crippen molar-refractivity contribution >= 4 is 0 Å². The summed E-state index contributed by atoms with van der Waals surface area (Å²) >= 11 is 0. The van der Waals surface area contributed by atoms with Gasteiger partial charge in [0.2, 0.25) is 0 Å². The molecule has 18 heavy (non-hydrogen) atoms. The number of halogens is 1. The van der Waals surface area contributed by atoms with E-state index in [9.17, 15) is 0 Å². The van der Waals surface area contributed by atoms with Crippen LogP contribution in [0.15, 0.2) is 53.1 Å². The third-order valence-corrected chi connectivity index (χ3v) is 1.97. The average Bonchev–Trinajstić information content (AvgIpc) is 2.29. The highest BCUT2D eigenvalue weighted by Crippen LogP contribution is 2.18. The summed E-state index contributed by atoms with van der Waals surface area (Å²) in [5.74, 6) is 0.905. The zero-order chi connectivity index (χ0) is 13.6. The third kappa shape index (κ3) is 6.29. The highest BCUT2D eigenvalue weighted by molar-refractivity contribution is 5.56. The first-order chi connectivity index (χ1) is 8.36. The molecule has 0 spiro atoms. The minimum Gasteiger partial charge on any atom is -0.222 e. The molecule has 0 aliphatic carbocycles. The lowest BCUT2D eigenvalue weighted by molar-refractivity contribution is -2.00. The van der Waals surface area contributed by atoms with Crippen LogP contribution in [0.25, 0.3) is 11.3 Å². The van der Waals surface area contributed by atoms with Gasteiger partial charge in [-0.15, -0.1) is 10.2 Å². The zero-order valence-corrected chi connectivity index (χ0v) is 10.3. The molecule has 2 aromatic rings. The van der Waals surface area contributed by atoms with E-state index in [1.54, 1.807) is 6.26 Å². The van der Waals surface area contributed by atoms with Gasteiger partial charge < -0.3 is 0 Å². The van der Waals surface area contributed by atoms with Gasteiger partial charge in [0.15, 0.2) is 0 Å². The van der Waals surface area contributed by atoms with E-state index in [2.05, 4.69) is 31.2 Å². The van der Waals surface area contributed by atoms with E-state index < -0.39 is 10.2 Å². The largest absolute Gasteiger partial charge is 0.359 e. The maximum atomic E-state index is 8.49. The van der Waals surface area contributed by atoms with Crippen LogP contribution in [0.5, 0.6) is 0 Å². The van der Waals surface area contributed by atoms with Gasteiger partial charge in [0.25, 0.3) is 0 Å². The lowest BCUT2D eigenvalue weighted by atomic mass is 10.1. The molecule has 2 rings (SSSR count). The molecule has 0 unspecified atom stereocenters. The van der Waals surface area contributed by atoms with Gasteiger partial charge in [-0.3, -0.25) is 0 Å². The van der Waals surface area contributed by atoms with Crippen molar-refractivity contribution in [2.24, 2.45) is 0 Å². The molecule has 96 valence electrons. The molecule has 1 aromatic carbocycles. The van der Waals surface area contributed by atoms with Gasteiger partial charge in [-0.2, -0.15) is 0 Å². The highest BCUT2D eigenvalue weighted by atomic mass is 35.7. The van der Waals surface area contributed by atoms with Crippen LogP contribution in [0.4, 0.5) is 0 Å². The van der Waals surface area contributed by atoms with E-state index in [0.717, 1.165) is 11.3 Å². The van der Waals surface area contributed by atoms with Crippen LogP contribution >= 0.6 is 0 Å². The molecule has 0 atom stereocenters. The molecule has 0 amide bonds. The molecule has 0 fully saturated rings. The second kappa shape index (κ2) is 6.44. The van der Waals surface area contributed by atoms with Crippen LogP contribution in [0.3, 0.4) is 0 Å². The molecule has 1 heterocycles. The van der Waals surface area contributed by atoms with Crippen LogP contribution in [0, 0.1) is 17.2 Å². The predicted molar refractivity (Wildman–Crippen MR) is 53.3 cm³/mol. The minimum atomic E-state index is -4.94. The number of benzene rings is 1. The second-order valence-corrected chi connectivity index (χ2v) is 4.17. The van der Waals surface area contributed by atoms with Crippen molar-refractivity contribution in [1.29, 1.82) is 0 Å². The molecule has 0 radical (unpaired) electrons.